The maximum absolute atomic E-state index is 13.9. The molecule has 22 heavy (non-hydrogen) atoms. The van der Waals surface area contributed by atoms with Crippen molar-refractivity contribution in [2.45, 2.75) is 32.1 Å². The van der Waals surface area contributed by atoms with Gasteiger partial charge in [0.25, 0.3) is 0 Å². The van der Waals surface area contributed by atoms with Crippen molar-refractivity contribution in [3.63, 3.8) is 0 Å². The van der Waals surface area contributed by atoms with Gasteiger partial charge in [0.2, 0.25) is 0 Å². The van der Waals surface area contributed by atoms with Crippen LogP contribution in [0.5, 0.6) is 0 Å². The standard InChI is InChI=1S/C15H23FN6/c1-3-15(2,14-13(16)6-4-8-20-14)10-19-12-22-21-9-5-7-18-11-17/h4,6-9,12H,3,5,10-11,17H2,1-2H3,(H,19,22)/b18-7-,21-9+/t15-/m0/s1. The van der Waals surface area contributed by atoms with Gasteiger partial charge in [0.05, 0.1) is 18.9 Å². The Morgan fingerprint density at radius 1 is 1.41 bits per heavy atom. The Kier molecular flexibility index (Phi) is 7.91. The Bertz CT molecular complexity index is 529. The Morgan fingerprint density at radius 3 is 2.91 bits per heavy atom. The van der Waals surface area contributed by atoms with Gasteiger partial charge in [0.15, 0.2) is 0 Å². The summed E-state index contributed by atoms with van der Waals surface area (Å²) in [5.41, 5.74) is 7.90. The molecule has 1 aromatic heterocycles. The maximum Gasteiger partial charge on any atom is 0.145 e. The minimum atomic E-state index is -0.443. The van der Waals surface area contributed by atoms with Crippen LogP contribution in [-0.2, 0) is 5.41 Å². The summed E-state index contributed by atoms with van der Waals surface area (Å²) in [5.74, 6) is -0.299. The second-order valence-corrected chi connectivity index (χ2v) is 4.94. The molecule has 0 spiro atoms. The van der Waals surface area contributed by atoms with Crippen molar-refractivity contribution in [1.82, 2.24) is 10.4 Å². The first kappa shape index (κ1) is 17.9. The quantitative estimate of drug-likeness (QED) is 0.415. The molecule has 0 aliphatic rings. The Labute approximate surface area is 130 Å². The fraction of sp³-hybridized carbons (Fsp3) is 0.467. The summed E-state index contributed by atoms with van der Waals surface area (Å²) in [4.78, 5) is 12.3. The van der Waals surface area contributed by atoms with E-state index >= 15 is 0 Å². The third kappa shape index (κ3) is 5.69. The van der Waals surface area contributed by atoms with E-state index in [4.69, 9.17) is 5.73 Å². The Balaban J connectivity index is 2.51. The molecule has 0 unspecified atom stereocenters. The number of hydrogen-bond donors (Lipinski definition) is 2. The van der Waals surface area contributed by atoms with E-state index in [1.807, 2.05) is 13.8 Å². The topological polar surface area (TPSA) is 88.0 Å². The summed E-state index contributed by atoms with van der Waals surface area (Å²) < 4.78 is 13.9. The van der Waals surface area contributed by atoms with Gasteiger partial charge >= 0.3 is 0 Å². The van der Waals surface area contributed by atoms with Crippen molar-refractivity contribution in [1.29, 1.82) is 0 Å². The summed E-state index contributed by atoms with van der Waals surface area (Å²) in [6.07, 6.45) is 7.76. The Hall–Kier alpha value is -2.15. The molecule has 0 fully saturated rings. The van der Waals surface area contributed by atoms with E-state index in [1.165, 1.54) is 12.4 Å². The molecule has 0 aromatic carbocycles. The SMILES string of the molecule is CC[C@@](C)(CN=CN/N=C/C/C=N\CN)c1ncccc1F. The molecule has 1 aromatic rings. The fourth-order valence-electron chi connectivity index (χ4n) is 1.81. The van der Waals surface area contributed by atoms with Gasteiger partial charge in [-0.3, -0.25) is 20.4 Å². The number of nitrogens with one attached hydrogen (secondary N) is 1. The number of hydrazone groups is 1. The molecule has 0 bridgehead atoms. The predicted molar refractivity (Wildman–Crippen MR) is 89.0 cm³/mol. The Morgan fingerprint density at radius 2 is 2.23 bits per heavy atom. The zero-order valence-electron chi connectivity index (χ0n) is 13.0. The second kappa shape index (κ2) is 9.73. The average molecular weight is 306 g/mol. The van der Waals surface area contributed by atoms with Crippen molar-refractivity contribution < 1.29 is 4.39 Å². The van der Waals surface area contributed by atoms with Crippen LogP contribution in [0.4, 0.5) is 4.39 Å². The first-order valence-electron chi connectivity index (χ1n) is 7.18. The van der Waals surface area contributed by atoms with Crippen LogP contribution in [0.15, 0.2) is 33.4 Å². The lowest BCUT2D eigenvalue weighted by Crippen LogP contribution is -2.28. The smallest absolute Gasteiger partial charge is 0.145 e. The normalized spacial score (nSPS) is 14.9. The minimum absolute atomic E-state index is 0.280. The molecule has 1 heterocycles. The zero-order valence-corrected chi connectivity index (χ0v) is 13.0. The molecule has 3 N–H and O–H groups in total. The molecule has 7 heteroatoms. The van der Waals surface area contributed by atoms with E-state index in [0.29, 0.717) is 18.7 Å². The van der Waals surface area contributed by atoms with Gasteiger partial charge < -0.3 is 5.73 Å². The molecule has 120 valence electrons. The molecule has 0 saturated carbocycles. The van der Waals surface area contributed by atoms with Crippen molar-refractivity contribution in [2.24, 2.45) is 20.8 Å². The first-order valence-corrected chi connectivity index (χ1v) is 7.18. The highest BCUT2D eigenvalue weighted by Gasteiger charge is 2.28. The van der Waals surface area contributed by atoms with Gasteiger partial charge in [-0.15, -0.1) is 0 Å². The van der Waals surface area contributed by atoms with Crippen molar-refractivity contribution in [3.8, 4) is 0 Å². The fourth-order valence-corrected chi connectivity index (χ4v) is 1.81. The van der Waals surface area contributed by atoms with Gasteiger partial charge in [0, 0.05) is 30.5 Å². The highest BCUT2D eigenvalue weighted by molar-refractivity contribution is 5.79. The lowest BCUT2D eigenvalue weighted by molar-refractivity contribution is 0.424. The molecule has 0 aliphatic carbocycles. The van der Waals surface area contributed by atoms with Crippen LogP contribution in [0.25, 0.3) is 0 Å². The van der Waals surface area contributed by atoms with Crippen LogP contribution >= 0.6 is 0 Å². The van der Waals surface area contributed by atoms with Crippen molar-refractivity contribution in [3.05, 3.63) is 29.8 Å². The van der Waals surface area contributed by atoms with Crippen LogP contribution in [0.2, 0.25) is 0 Å². The number of pyridine rings is 1. The van der Waals surface area contributed by atoms with E-state index < -0.39 is 5.41 Å². The molecule has 6 nitrogen and oxygen atoms in total. The molecule has 1 atom stereocenters. The van der Waals surface area contributed by atoms with Gasteiger partial charge in [0.1, 0.15) is 12.2 Å². The molecule has 1 rings (SSSR count). The molecule has 0 aliphatic heterocycles. The van der Waals surface area contributed by atoms with E-state index in [0.717, 1.165) is 6.42 Å². The number of hydrogen-bond acceptors (Lipinski definition) is 5. The van der Waals surface area contributed by atoms with Crippen LogP contribution < -0.4 is 11.2 Å². The zero-order chi connectivity index (χ0) is 16.3. The average Bonchev–Trinajstić information content (AvgIpc) is 2.53. The van der Waals surface area contributed by atoms with E-state index in [9.17, 15) is 4.39 Å². The number of halogens is 1. The maximum atomic E-state index is 13.9. The summed E-state index contributed by atoms with van der Waals surface area (Å²) >= 11 is 0. The minimum Gasteiger partial charge on any atom is -0.312 e. The van der Waals surface area contributed by atoms with E-state index in [2.05, 4.69) is 25.5 Å². The molecule has 0 radical (unpaired) electrons. The summed E-state index contributed by atoms with van der Waals surface area (Å²) in [6, 6.07) is 3.01. The molecule has 0 amide bonds. The molecule has 0 saturated heterocycles. The van der Waals surface area contributed by atoms with Crippen LogP contribution in [-0.4, -0.2) is 37.0 Å². The number of rotatable bonds is 9. The van der Waals surface area contributed by atoms with E-state index in [-0.39, 0.29) is 12.5 Å². The summed E-state index contributed by atoms with van der Waals surface area (Å²) in [7, 11) is 0. The van der Waals surface area contributed by atoms with Crippen molar-refractivity contribution in [2.75, 3.05) is 13.2 Å². The monoisotopic (exact) mass is 306 g/mol. The third-order valence-electron chi connectivity index (χ3n) is 3.31. The highest BCUT2D eigenvalue weighted by atomic mass is 19.1. The molecular formula is C15H23FN6. The number of aromatic nitrogens is 1. The van der Waals surface area contributed by atoms with Crippen LogP contribution in [0, 0.1) is 5.82 Å². The van der Waals surface area contributed by atoms with Gasteiger partial charge in [-0.25, -0.2) is 4.39 Å². The number of aliphatic imine (C=N–C) groups is 2. The lowest BCUT2D eigenvalue weighted by Gasteiger charge is -2.25. The van der Waals surface area contributed by atoms with Gasteiger partial charge in [-0.1, -0.05) is 13.8 Å². The van der Waals surface area contributed by atoms with Crippen LogP contribution in [0.1, 0.15) is 32.4 Å². The van der Waals surface area contributed by atoms with Gasteiger partial charge in [-0.05, 0) is 18.6 Å². The number of nitrogens with two attached hydrogens (primary N) is 1. The van der Waals surface area contributed by atoms with Crippen molar-refractivity contribution >= 4 is 18.8 Å². The first-order chi connectivity index (χ1) is 10.6. The predicted octanol–water partition coefficient (Wildman–Crippen LogP) is 1.87. The largest absolute Gasteiger partial charge is 0.312 e. The molecular weight excluding hydrogens is 283 g/mol. The summed E-state index contributed by atoms with van der Waals surface area (Å²) in [5, 5.41) is 3.93. The third-order valence-corrected chi connectivity index (χ3v) is 3.31. The highest BCUT2D eigenvalue weighted by Crippen LogP contribution is 2.27. The van der Waals surface area contributed by atoms with Crippen LogP contribution in [0.3, 0.4) is 0 Å². The van der Waals surface area contributed by atoms with Gasteiger partial charge in [-0.2, -0.15) is 5.10 Å². The van der Waals surface area contributed by atoms with E-state index in [1.54, 1.807) is 24.7 Å². The lowest BCUT2D eigenvalue weighted by atomic mass is 9.83. The summed E-state index contributed by atoms with van der Waals surface area (Å²) in [6.45, 7) is 4.64. The second-order valence-electron chi connectivity index (χ2n) is 4.94. The number of nitrogens with zero attached hydrogens (tertiary/aromatic N) is 4.